The first-order chi connectivity index (χ1) is 16.7. The lowest BCUT2D eigenvalue weighted by Gasteiger charge is -2.19. The number of anilines is 1. The van der Waals surface area contributed by atoms with Crippen LogP contribution in [0.15, 0.2) is 78.7 Å². The number of aromatic nitrogens is 3. The Kier molecular flexibility index (Phi) is 7.99. The van der Waals surface area contributed by atoms with Gasteiger partial charge in [-0.2, -0.15) is 0 Å². The van der Waals surface area contributed by atoms with Crippen LogP contribution in [0.3, 0.4) is 0 Å². The maximum absolute atomic E-state index is 13.0. The Bertz CT molecular complexity index is 1170. The smallest absolute Gasteiger partial charge is 0.278 e. The molecule has 4 rings (SSSR count). The number of amides is 2. The average Bonchev–Trinajstić information content (AvgIpc) is 3.55. The van der Waals surface area contributed by atoms with E-state index in [1.807, 2.05) is 35.7 Å². The van der Waals surface area contributed by atoms with Crippen molar-refractivity contribution < 1.29 is 19.1 Å². The van der Waals surface area contributed by atoms with E-state index in [1.54, 1.807) is 36.7 Å². The lowest BCUT2D eigenvalue weighted by Crippen LogP contribution is -2.47. The van der Waals surface area contributed by atoms with Crippen LogP contribution in [0.5, 0.6) is 10.9 Å². The summed E-state index contributed by atoms with van der Waals surface area (Å²) in [4.78, 5) is 36.4. The number of carbonyl (C=O) groups excluding carboxylic acids is 2. The molecule has 0 radical (unpaired) electrons. The second-order valence-corrected chi connectivity index (χ2v) is 8.13. The number of H-pyrrole nitrogens is 1. The van der Waals surface area contributed by atoms with Gasteiger partial charge in [-0.25, -0.2) is 9.97 Å². The topological polar surface area (TPSA) is 118 Å². The summed E-state index contributed by atoms with van der Waals surface area (Å²) in [5, 5.41) is 7.92. The molecule has 174 valence electrons. The van der Waals surface area contributed by atoms with Gasteiger partial charge >= 0.3 is 0 Å². The largest absolute Gasteiger partial charge is 0.431 e. The molecule has 1 atom stereocenters. The van der Waals surface area contributed by atoms with Crippen LogP contribution >= 0.6 is 11.3 Å². The van der Waals surface area contributed by atoms with E-state index in [0.29, 0.717) is 28.9 Å². The van der Waals surface area contributed by atoms with E-state index in [0.717, 1.165) is 5.56 Å². The van der Waals surface area contributed by atoms with Crippen molar-refractivity contribution in [3.63, 3.8) is 0 Å². The third-order valence-corrected chi connectivity index (χ3v) is 5.33. The van der Waals surface area contributed by atoms with Gasteiger partial charge in [-0.3, -0.25) is 9.59 Å². The zero-order chi connectivity index (χ0) is 23.6. The van der Waals surface area contributed by atoms with Gasteiger partial charge in [0.05, 0.1) is 31.7 Å². The van der Waals surface area contributed by atoms with E-state index in [1.165, 1.54) is 17.7 Å². The summed E-state index contributed by atoms with van der Waals surface area (Å²) in [7, 11) is 0. The van der Waals surface area contributed by atoms with Crippen molar-refractivity contribution in [3.8, 4) is 10.9 Å². The number of nitrogens with zero attached hydrogens (tertiary/aromatic N) is 2. The van der Waals surface area contributed by atoms with Crippen molar-refractivity contribution in [2.24, 2.45) is 0 Å². The molecule has 0 saturated carbocycles. The number of nitrogens with one attached hydrogen (secondary N) is 3. The maximum atomic E-state index is 13.0. The number of ether oxygens (including phenoxy) is 2. The van der Waals surface area contributed by atoms with Crippen LogP contribution in [0.25, 0.3) is 0 Å². The Labute approximate surface area is 200 Å². The molecule has 2 aromatic carbocycles. The minimum atomic E-state index is -0.888. The molecule has 10 heteroatoms. The predicted octanol–water partition coefficient (Wildman–Crippen LogP) is 3.54. The first-order valence-corrected chi connectivity index (χ1v) is 11.4. The van der Waals surface area contributed by atoms with Gasteiger partial charge in [0, 0.05) is 23.5 Å². The highest BCUT2D eigenvalue weighted by molar-refractivity contribution is 7.11. The third kappa shape index (κ3) is 6.99. The zero-order valence-electron chi connectivity index (χ0n) is 18.1. The molecule has 0 aliphatic carbocycles. The van der Waals surface area contributed by atoms with Gasteiger partial charge in [0.15, 0.2) is 0 Å². The number of rotatable bonds is 11. The van der Waals surface area contributed by atoms with Gasteiger partial charge in [0.25, 0.3) is 5.19 Å². The third-order valence-electron chi connectivity index (χ3n) is 4.68. The Hall–Kier alpha value is -4.02. The fourth-order valence-corrected chi connectivity index (χ4v) is 3.55. The molecule has 4 aromatic rings. The SMILES string of the molecule is O=C(Cc1c[nH]cn1)N[C@@H](COCc1ccccc1)C(=O)Nc1ccc(Oc2nccs2)cc1. The summed E-state index contributed by atoms with van der Waals surface area (Å²) in [6, 6.07) is 15.6. The van der Waals surface area contributed by atoms with Crippen LogP contribution in [0.4, 0.5) is 5.69 Å². The van der Waals surface area contributed by atoms with Crippen LogP contribution in [-0.4, -0.2) is 39.4 Å². The molecule has 2 amide bonds. The lowest BCUT2D eigenvalue weighted by atomic mass is 10.2. The number of hydrogen-bond acceptors (Lipinski definition) is 7. The van der Waals surface area contributed by atoms with Crippen molar-refractivity contribution in [1.82, 2.24) is 20.3 Å². The van der Waals surface area contributed by atoms with Gasteiger partial charge in [0.1, 0.15) is 11.8 Å². The van der Waals surface area contributed by atoms with Gasteiger partial charge in [0.2, 0.25) is 11.8 Å². The second-order valence-electron chi connectivity index (χ2n) is 7.27. The van der Waals surface area contributed by atoms with Gasteiger partial charge in [-0.05, 0) is 29.8 Å². The highest BCUT2D eigenvalue weighted by Gasteiger charge is 2.22. The summed E-state index contributed by atoms with van der Waals surface area (Å²) >= 11 is 1.39. The van der Waals surface area contributed by atoms with Gasteiger partial charge in [-0.1, -0.05) is 41.7 Å². The van der Waals surface area contributed by atoms with Crippen molar-refractivity contribution in [3.05, 3.63) is 90.0 Å². The highest BCUT2D eigenvalue weighted by Crippen LogP contribution is 2.24. The molecule has 0 bridgehead atoms. The molecule has 34 heavy (non-hydrogen) atoms. The summed E-state index contributed by atoms with van der Waals surface area (Å²) in [6.07, 6.45) is 4.84. The van der Waals surface area contributed by atoms with Crippen LogP contribution in [0, 0.1) is 0 Å². The summed E-state index contributed by atoms with van der Waals surface area (Å²) in [5.74, 6) is -0.122. The quantitative estimate of drug-likeness (QED) is 0.304. The van der Waals surface area contributed by atoms with Crippen molar-refractivity contribution in [1.29, 1.82) is 0 Å². The van der Waals surface area contributed by atoms with E-state index in [9.17, 15) is 9.59 Å². The maximum Gasteiger partial charge on any atom is 0.278 e. The Morgan fingerprint density at radius 1 is 1.06 bits per heavy atom. The molecule has 0 saturated heterocycles. The summed E-state index contributed by atoms with van der Waals surface area (Å²) < 4.78 is 11.4. The fourth-order valence-electron chi connectivity index (χ4n) is 3.05. The molecule has 0 spiro atoms. The minimum absolute atomic E-state index is 0.0122. The zero-order valence-corrected chi connectivity index (χ0v) is 19.0. The number of aromatic amines is 1. The van der Waals surface area contributed by atoms with Crippen LogP contribution in [-0.2, 0) is 27.4 Å². The molecule has 9 nitrogen and oxygen atoms in total. The summed E-state index contributed by atoms with van der Waals surface area (Å²) in [6.45, 7) is 0.334. The number of carbonyl (C=O) groups is 2. The molecule has 0 aliphatic rings. The standard InChI is InChI=1S/C24H23N5O4S/c30-22(12-19-13-25-16-27-19)29-21(15-32-14-17-4-2-1-3-5-17)23(31)28-18-6-8-20(9-7-18)33-24-26-10-11-34-24/h1-11,13,16,21H,12,14-15H2,(H,25,27)(H,28,31)(H,29,30)/t21-/m0/s1. The molecule has 0 aliphatic heterocycles. The molecular formula is C24H23N5O4S. The second kappa shape index (κ2) is 11.7. The average molecular weight is 478 g/mol. The van der Waals surface area contributed by atoms with Crippen molar-refractivity contribution in [2.45, 2.75) is 19.1 Å². The van der Waals surface area contributed by atoms with E-state index >= 15 is 0 Å². The van der Waals surface area contributed by atoms with Crippen LogP contribution in [0.1, 0.15) is 11.3 Å². The normalized spacial score (nSPS) is 11.5. The fraction of sp³-hybridized carbons (Fsp3) is 0.167. The monoisotopic (exact) mass is 477 g/mol. The first-order valence-electron chi connectivity index (χ1n) is 10.5. The number of imidazole rings is 1. The Morgan fingerprint density at radius 3 is 2.59 bits per heavy atom. The first kappa shape index (κ1) is 23.1. The Balaban J connectivity index is 1.36. The molecule has 2 heterocycles. The van der Waals surface area contributed by atoms with Crippen LogP contribution in [0.2, 0.25) is 0 Å². The van der Waals surface area contributed by atoms with Gasteiger partial charge in [-0.15, -0.1) is 0 Å². The van der Waals surface area contributed by atoms with E-state index in [-0.39, 0.29) is 18.9 Å². The van der Waals surface area contributed by atoms with E-state index in [2.05, 4.69) is 25.6 Å². The molecule has 0 fully saturated rings. The molecule has 2 aromatic heterocycles. The number of benzene rings is 2. The van der Waals surface area contributed by atoms with E-state index < -0.39 is 11.9 Å². The van der Waals surface area contributed by atoms with Crippen molar-refractivity contribution >= 4 is 28.8 Å². The van der Waals surface area contributed by atoms with E-state index in [4.69, 9.17) is 9.47 Å². The number of hydrogen-bond donors (Lipinski definition) is 3. The molecule has 3 N–H and O–H groups in total. The minimum Gasteiger partial charge on any atom is -0.431 e. The van der Waals surface area contributed by atoms with Gasteiger partial charge < -0.3 is 25.1 Å². The lowest BCUT2D eigenvalue weighted by molar-refractivity contribution is -0.127. The van der Waals surface area contributed by atoms with Crippen molar-refractivity contribution in [2.75, 3.05) is 11.9 Å². The highest BCUT2D eigenvalue weighted by atomic mass is 32.1. The van der Waals surface area contributed by atoms with Crippen LogP contribution < -0.4 is 15.4 Å². The predicted molar refractivity (Wildman–Crippen MR) is 128 cm³/mol. The Morgan fingerprint density at radius 2 is 1.88 bits per heavy atom. The summed E-state index contributed by atoms with van der Waals surface area (Å²) in [5.41, 5.74) is 2.11. The molecular weight excluding hydrogens is 454 g/mol. The number of thiazole rings is 1. The molecule has 0 unspecified atom stereocenters.